The number of hydrogen-bond donors (Lipinski definition) is 6. The summed E-state index contributed by atoms with van der Waals surface area (Å²) in [6, 6.07) is 0. The van der Waals surface area contributed by atoms with Crippen molar-refractivity contribution in [2.45, 2.75) is 63.3 Å². The van der Waals surface area contributed by atoms with Crippen LogP contribution in [0, 0.1) is 0 Å². The topological polar surface area (TPSA) is 131 Å². The molecule has 0 radical (unpaired) electrons. The lowest BCUT2D eigenvalue weighted by Crippen LogP contribution is -2.50. The van der Waals surface area contributed by atoms with Crippen molar-refractivity contribution in [3.8, 4) is 0 Å². The van der Waals surface area contributed by atoms with E-state index in [0.29, 0.717) is 0 Å². The summed E-state index contributed by atoms with van der Waals surface area (Å²) in [5.41, 5.74) is 0. The van der Waals surface area contributed by atoms with Gasteiger partial charge >= 0.3 is 0 Å². The van der Waals surface area contributed by atoms with Crippen LogP contribution in [0.2, 0.25) is 0 Å². The number of hydrogen-bond acceptors (Lipinski definition) is 7. The Morgan fingerprint density at radius 3 is 1.21 bits per heavy atom. The molecule has 0 aromatic carbocycles. The summed E-state index contributed by atoms with van der Waals surface area (Å²) in [5, 5.41) is 56.6. The molecule has 0 heterocycles. The monoisotopic (exact) mass is 282 g/mol. The fraction of sp³-hybridized carbons (Fsp3) is 1.00. The van der Waals surface area contributed by atoms with Gasteiger partial charge in [-0.1, -0.05) is 13.8 Å². The lowest BCUT2D eigenvalue weighted by molar-refractivity contribution is -0.192. The summed E-state index contributed by atoms with van der Waals surface area (Å²) in [5.74, 6) is 0. The number of aliphatic hydroxyl groups excluding tert-OH is 6. The first-order valence-corrected chi connectivity index (χ1v) is 6.52. The Hall–Kier alpha value is -0.280. The van der Waals surface area contributed by atoms with Crippen LogP contribution < -0.4 is 0 Å². The molecule has 0 spiro atoms. The maximum atomic E-state index is 9.76. The van der Waals surface area contributed by atoms with Gasteiger partial charge in [0.25, 0.3) is 0 Å². The molecule has 7 nitrogen and oxygen atoms in total. The first kappa shape index (κ1) is 18.7. The highest BCUT2D eigenvalue weighted by Gasteiger charge is 2.34. The highest BCUT2D eigenvalue weighted by molar-refractivity contribution is 4.83. The van der Waals surface area contributed by atoms with Gasteiger partial charge in [0.15, 0.2) is 0 Å². The number of ether oxygens (including phenoxy) is 1. The molecule has 0 bridgehead atoms. The van der Waals surface area contributed by atoms with E-state index < -0.39 is 49.8 Å². The average Bonchev–Trinajstić information content (AvgIpc) is 2.45. The maximum absolute atomic E-state index is 9.76. The van der Waals surface area contributed by atoms with Crippen molar-refractivity contribution in [3.63, 3.8) is 0 Å². The first-order chi connectivity index (χ1) is 8.92. The molecule has 0 aromatic heterocycles. The summed E-state index contributed by atoms with van der Waals surface area (Å²) in [6.07, 6.45) is -6.55. The van der Waals surface area contributed by atoms with E-state index >= 15 is 0 Å². The third kappa shape index (κ3) is 5.70. The lowest BCUT2D eigenvalue weighted by Gasteiger charge is -2.34. The largest absolute Gasteiger partial charge is 0.394 e. The molecule has 0 aliphatic carbocycles. The summed E-state index contributed by atoms with van der Waals surface area (Å²) >= 11 is 0. The first-order valence-electron chi connectivity index (χ1n) is 6.52. The zero-order valence-corrected chi connectivity index (χ0v) is 11.4. The molecule has 6 N–H and O–H groups in total. The molecule has 116 valence electrons. The lowest BCUT2D eigenvalue weighted by atomic mass is 10.0. The summed E-state index contributed by atoms with van der Waals surface area (Å²) < 4.78 is 5.34. The van der Waals surface area contributed by atoms with E-state index in [-0.39, 0.29) is 12.8 Å². The molecular formula is C12H26O7. The van der Waals surface area contributed by atoms with E-state index in [4.69, 9.17) is 14.9 Å². The van der Waals surface area contributed by atoms with Gasteiger partial charge in [0.05, 0.1) is 25.4 Å². The molecule has 0 aliphatic heterocycles. The van der Waals surface area contributed by atoms with E-state index in [1.807, 2.05) is 0 Å². The molecular weight excluding hydrogens is 256 g/mol. The molecule has 0 aliphatic rings. The SMILES string of the molecule is CCC(O)C(OC(C(O)CC)C(O)CO)C(O)CO. The Bertz CT molecular complexity index is 184. The average molecular weight is 282 g/mol. The molecule has 19 heavy (non-hydrogen) atoms. The van der Waals surface area contributed by atoms with Crippen molar-refractivity contribution >= 4 is 0 Å². The molecule has 0 saturated carbocycles. The third-order valence-corrected chi connectivity index (χ3v) is 3.04. The van der Waals surface area contributed by atoms with Gasteiger partial charge in [-0.25, -0.2) is 0 Å². The molecule has 0 fully saturated rings. The molecule has 0 saturated heterocycles. The molecule has 0 amide bonds. The van der Waals surface area contributed by atoms with Crippen molar-refractivity contribution in [1.29, 1.82) is 0 Å². The second-order valence-electron chi connectivity index (χ2n) is 4.52. The van der Waals surface area contributed by atoms with Gasteiger partial charge in [-0.05, 0) is 12.8 Å². The van der Waals surface area contributed by atoms with E-state index in [1.165, 1.54) is 0 Å². The zero-order valence-electron chi connectivity index (χ0n) is 11.4. The minimum absolute atomic E-state index is 0.270. The van der Waals surface area contributed by atoms with Crippen LogP contribution in [0.1, 0.15) is 26.7 Å². The molecule has 0 aromatic rings. The van der Waals surface area contributed by atoms with Crippen LogP contribution in [0.15, 0.2) is 0 Å². The highest BCUT2D eigenvalue weighted by Crippen LogP contribution is 2.17. The van der Waals surface area contributed by atoms with Crippen LogP contribution in [0.25, 0.3) is 0 Å². The number of rotatable bonds is 10. The van der Waals surface area contributed by atoms with Crippen LogP contribution in [-0.2, 0) is 4.74 Å². The van der Waals surface area contributed by atoms with Gasteiger partial charge in [0.2, 0.25) is 0 Å². The van der Waals surface area contributed by atoms with Crippen molar-refractivity contribution in [1.82, 2.24) is 0 Å². The van der Waals surface area contributed by atoms with Gasteiger partial charge in [-0.15, -0.1) is 0 Å². The second-order valence-corrected chi connectivity index (χ2v) is 4.52. The fourth-order valence-corrected chi connectivity index (χ4v) is 1.73. The third-order valence-electron chi connectivity index (χ3n) is 3.04. The van der Waals surface area contributed by atoms with Gasteiger partial charge in [-0.2, -0.15) is 0 Å². The Labute approximate surface area is 113 Å². The molecule has 0 rings (SSSR count). The van der Waals surface area contributed by atoms with Gasteiger partial charge in [0.1, 0.15) is 24.4 Å². The van der Waals surface area contributed by atoms with Crippen LogP contribution in [0.4, 0.5) is 0 Å². The van der Waals surface area contributed by atoms with Crippen molar-refractivity contribution < 1.29 is 35.4 Å². The van der Waals surface area contributed by atoms with E-state index in [0.717, 1.165) is 0 Å². The van der Waals surface area contributed by atoms with Crippen LogP contribution >= 0.6 is 0 Å². The summed E-state index contributed by atoms with van der Waals surface area (Å²) in [7, 11) is 0. The second kappa shape index (κ2) is 9.60. The van der Waals surface area contributed by atoms with Crippen molar-refractivity contribution in [3.05, 3.63) is 0 Å². The van der Waals surface area contributed by atoms with Crippen molar-refractivity contribution in [2.75, 3.05) is 13.2 Å². The zero-order chi connectivity index (χ0) is 15.0. The molecule has 6 unspecified atom stereocenters. The summed E-state index contributed by atoms with van der Waals surface area (Å²) in [4.78, 5) is 0. The van der Waals surface area contributed by atoms with Gasteiger partial charge in [-0.3, -0.25) is 0 Å². The smallest absolute Gasteiger partial charge is 0.112 e. The van der Waals surface area contributed by atoms with Crippen LogP contribution in [-0.4, -0.2) is 80.5 Å². The van der Waals surface area contributed by atoms with E-state index in [1.54, 1.807) is 13.8 Å². The standard InChI is InChI=1S/C12H26O7/c1-3-7(15)11(9(17)5-13)19-12(8(16)4-2)10(18)6-14/h7-18H,3-6H2,1-2H3. The summed E-state index contributed by atoms with van der Waals surface area (Å²) in [6.45, 7) is 2.09. The Morgan fingerprint density at radius 1 is 0.684 bits per heavy atom. The van der Waals surface area contributed by atoms with Gasteiger partial charge < -0.3 is 35.4 Å². The Morgan fingerprint density at radius 2 is 1.00 bits per heavy atom. The van der Waals surface area contributed by atoms with Gasteiger partial charge in [0, 0.05) is 0 Å². The maximum Gasteiger partial charge on any atom is 0.112 e. The van der Waals surface area contributed by atoms with Crippen LogP contribution in [0.3, 0.4) is 0 Å². The predicted molar refractivity (Wildman–Crippen MR) is 67.4 cm³/mol. The van der Waals surface area contributed by atoms with Crippen LogP contribution in [0.5, 0.6) is 0 Å². The van der Waals surface area contributed by atoms with E-state index in [9.17, 15) is 20.4 Å². The Balaban J connectivity index is 4.91. The van der Waals surface area contributed by atoms with Crippen molar-refractivity contribution in [2.24, 2.45) is 0 Å². The van der Waals surface area contributed by atoms with E-state index in [2.05, 4.69) is 0 Å². The fourth-order valence-electron chi connectivity index (χ4n) is 1.73. The molecule has 6 atom stereocenters. The highest BCUT2D eigenvalue weighted by atomic mass is 16.5. The normalized spacial score (nSPS) is 21.5. The predicted octanol–water partition coefficient (Wildman–Crippen LogP) is -2.01. The Kier molecular flexibility index (Phi) is 9.46. The minimum Gasteiger partial charge on any atom is -0.394 e. The molecule has 7 heteroatoms. The minimum atomic E-state index is -1.34. The number of aliphatic hydroxyl groups is 6. The quantitative estimate of drug-likeness (QED) is 0.273.